The second kappa shape index (κ2) is 60.5. The van der Waals surface area contributed by atoms with E-state index in [9.17, 15) is 19.5 Å². The van der Waals surface area contributed by atoms with Crippen LogP contribution in [0.5, 0.6) is 0 Å². The van der Waals surface area contributed by atoms with E-state index >= 15 is 0 Å². The first-order chi connectivity index (χ1) is 39.6. The van der Waals surface area contributed by atoms with Crippen molar-refractivity contribution < 1.29 is 42.9 Å². The maximum Gasteiger partial charge on any atom is 0.361 e. The minimum Gasteiger partial charge on any atom is -0.477 e. The highest BCUT2D eigenvalue weighted by Gasteiger charge is 2.25. The summed E-state index contributed by atoms with van der Waals surface area (Å²) in [5.74, 6) is -2.11. The Morgan fingerprint density at radius 1 is 0.370 bits per heavy atom. The third-order valence-corrected chi connectivity index (χ3v) is 12.2. The molecule has 81 heavy (non-hydrogen) atoms. The molecular formula is C72H112NO8+. The number of aliphatic carboxylic acids is 1. The molecule has 9 heteroatoms. The Kier molecular flexibility index (Phi) is 56.3. The summed E-state index contributed by atoms with van der Waals surface area (Å²) in [6, 6.07) is 0. The van der Waals surface area contributed by atoms with Gasteiger partial charge in [0.1, 0.15) is 13.2 Å². The van der Waals surface area contributed by atoms with Crippen LogP contribution >= 0.6 is 0 Å². The van der Waals surface area contributed by atoms with E-state index in [1.54, 1.807) is 0 Å². The number of quaternary nitrogens is 1. The predicted octanol–water partition coefficient (Wildman–Crippen LogP) is 18.9. The molecule has 1 N–H and O–H groups in total. The van der Waals surface area contributed by atoms with Crippen LogP contribution in [0.25, 0.3) is 0 Å². The SMILES string of the molecule is CC/C=C\C/C=C\C/C=C\C/C=C\C/C=C\C/C=C\C/C=C\C/C=C\CCCCC(=O)OC(COC(=O)CCCCCCCCC/C=C\C/C=C\C/C=C\C/C=C\C/C=C\C/C=C\C/C=C\CC)COC(OCC[N+](C)(C)C)C(=O)O. The molecule has 0 radical (unpaired) electrons. The summed E-state index contributed by atoms with van der Waals surface area (Å²) in [6.45, 7) is 4.55. The third-order valence-electron chi connectivity index (χ3n) is 12.2. The van der Waals surface area contributed by atoms with Gasteiger partial charge in [-0.3, -0.25) is 9.59 Å². The normalized spacial score (nSPS) is 14.0. The summed E-state index contributed by atoms with van der Waals surface area (Å²) in [4.78, 5) is 37.5. The highest BCUT2D eigenvalue weighted by atomic mass is 16.7. The van der Waals surface area contributed by atoms with Crippen LogP contribution in [0, 0.1) is 0 Å². The van der Waals surface area contributed by atoms with E-state index in [1.807, 2.05) is 21.1 Å². The Bertz CT molecular complexity index is 1980. The van der Waals surface area contributed by atoms with Gasteiger partial charge in [-0.15, -0.1) is 0 Å². The summed E-state index contributed by atoms with van der Waals surface area (Å²) < 4.78 is 22.8. The summed E-state index contributed by atoms with van der Waals surface area (Å²) in [6.07, 6.45) is 89.7. The predicted molar refractivity (Wildman–Crippen MR) is 345 cm³/mol. The molecule has 2 atom stereocenters. The molecule has 2 unspecified atom stereocenters. The van der Waals surface area contributed by atoms with Crippen LogP contribution in [-0.2, 0) is 33.3 Å². The largest absolute Gasteiger partial charge is 0.477 e. The molecule has 0 aromatic rings. The first-order valence-electron chi connectivity index (χ1n) is 30.9. The molecule has 0 saturated heterocycles. The minimum atomic E-state index is -1.54. The highest BCUT2D eigenvalue weighted by molar-refractivity contribution is 5.71. The summed E-state index contributed by atoms with van der Waals surface area (Å²) in [5.41, 5.74) is 0. The number of esters is 2. The van der Waals surface area contributed by atoms with Gasteiger partial charge in [0.05, 0.1) is 34.4 Å². The second-order valence-corrected chi connectivity index (χ2v) is 20.9. The van der Waals surface area contributed by atoms with E-state index in [1.165, 1.54) is 19.3 Å². The number of hydrogen-bond acceptors (Lipinski definition) is 7. The number of rotatable bonds is 54. The van der Waals surface area contributed by atoms with Crippen molar-refractivity contribution in [2.45, 2.75) is 206 Å². The lowest BCUT2D eigenvalue weighted by Gasteiger charge is -2.25. The van der Waals surface area contributed by atoms with E-state index in [4.69, 9.17) is 18.9 Å². The summed E-state index contributed by atoms with van der Waals surface area (Å²) in [5, 5.41) is 9.72. The molecule has 0 aliphatic heterocycles. The van der Waals surface area contributed by atoms with Gasteiger partial charge in [0.25, 0.3) is 6.29 Å². The molecule has 0 amide bonds. The van der Waals surface area contributed by atoms with Gasteiger partial charge >= 0.3 is 17.9 Å². The lowest BCUT2D eigenvalue weighted by atomic mass is 10.1. The van der Waals surface area contributed by atoms with Crippen molar-refractivity contribution in [2.24, 2.45) is 0 Å². The van der Waals surface area contributed by atoms with Gasteiger partial charge in [-0.05, 0) is 135 Å². The number of carbonyl (C=O) groups excluding carboxylic acids is 2. The standard InChI is InChI=1S/C72H111NO8/c1-6-8-10-12-14-16-18-20-22-24-26-28-30-32-34-35-37-38-40-42-44-46-48-50-52-54-56-58-60-62-69(74)79-66-68(67-80-72(71(76)77)78-65-64-73(3,4)5)81-70(75)63-61-59-57-55-53-51-49-47-45-43-41-39-36-33-31-29-27-25-23-21-19-17-15-13-11-9-7-2/h8-11,14-17,20-23,26-29,32-34,36-38,41-44,47,49,53,55,68,72H,6-7,12-13,18-19,24-25,30-31,35,39-40,45-46,48,50-52,54,56-67H2,1-5H3/p+1/b10-8-,11-9-,16-14-,17-15-,22-20-,23-21-,28-26-,29-27-,34-32-,36-33-,38-37-,43-41-,44-42-,49-47-,55-53-. The molecule has 452 valence electrons. The van der Waals surface area contributed by atoms with Crippen molar-refractivity contribution in [3.8, 4) is 0 Å². The number of carboxylic acids is 1. The van der Waals surface area contributed by atoms with Crippen LogP contribution in [0.1, 0.15) is 194 Å². The smallest absolute Gasteiger partial charge is 0.361 e. The number of nitrogens with zero attached hydrogens (tertiary/aromatic N) is 1. The van der Waals surface area contributed by atoms with E-state index in [0.717, 1.165) is 135 Å². The highest BCUT2D eigenvalue weighted by Crippen LogP contribution is 2.13. The molecule has 0 fully saturated rings. The molecular weight excluding hydrogens is 1010 g/mol. The first-order valence-corrected chi connectivity index (χ1v) is 30.9. The molecule has 0 spiro atoms. The lowest BCUT2D eigenvalue weighted by Crippen LogP contribution is -2.40. The number of unbranched alkanes of at least 4 members (excludes halogenated alkanes) is 9. The van der Waals surface area contributed by atoms with E-state index in [2.05, 4.69) is 196 Å². The minimum absolute atomic E-state index is 0.165. The van der Waals surface area contributed by atoms with Crippen molar-refractivity contribution in [1.82, 2.24) is 0 Å². The molecule has 9 nitrogen and oxygen atoms in total. The van der Waals surface area contributed by atoms with Crippen LogP contribution in [0.4, 0.5) is 0 Å². The van der Waals surface area contributed by atoms with Gasteiger partial charge in [0.15, 0.2) is 6.10 Å². The van der Waals surface area contributed by atoms with Gasteiger partial charge in [0, 0.05) is 12.8 Å². The topological polar surface area (TPSA) is 108 Å². The van der Waals surface area contributed by atoms with Gasteiger partial charge in [-0.25, -0.2) is 4.79 Å². The van der Waals surface area contributed by atoms with Gasteiger partial charge in [-0.2, -0.15) is 0 Å². The Morgan fingerprint density at radius 3 is 1.01 bits per heavy atom. The molecule has 0 aliphatic rings. The Morgan fingerprint density at radius 2 is 0.667 bits per heavy atom. The number of carbonyl (C=O) groups is 3. The number of ether oxygens (including phenoxy) is 4. The van der Waals surface area contributed by atoms with Gasteiger partial charge in [-0.1, -0.05) is 228 Å². The van der Waals surface area contributed by atoms with Gasteiger partial charge < -0.3 is 28.5 Å². The molecule has 0 heterocycles. The summed E-state index contributed by atoms with van der Waals surface area (Å²) in [7, 11) is 5.93. The summed E-state index contributed by atoms with van der Waals surface area (Å²) >= 11 is 0. The number of carboxylic acid groups (broad SMARTS) is 1. The van der Waals surface area contributed by atoms with Crippen molar-refractivity contribution in [3.63, 3.8) is 0 Å². The van der Waals surface area contributed by atoms with Crippen LogP contribution in [0.15, 0.2) is 182 Å². The fourth-order valence-electron chi connectivity index (χ4n) is 7.48. The fraction of sp³-hybridized carbons (Fsp3) is 0.542. The van der Waals surface area contributed by atoms with Crippen molar-refractivity contribution >= 4 is 17.9 Å². The monoisotopic (exact) mass is 1120 g/mol. The van der Waals surface area contributed by atoms with Crippen LogP contribution in [-0.4, -0.2) is 87.4 Å². The number of hydrogen-bond donors (Lipinski definition) is 1. The van der Waals surface area contributed by atoms with Crippen LogP contribution < -0.4 is 0 Å². The number of likely N-dealkylation sites (N-methyl/N-ethyl adjacent to an activating group) is 1. The fourth-order valence-corrected chi connectivity index (χ4v) is 7.48. The Balaban J connectivity index is 4.39. The van der Waals surface area contributed by atoms with Crippen molar-refractivity contribution in [1.29, 1.82) is 0 Å². The van der Waals surface area contributed by atoms with Crippen LogP contribution in [0.2, 0.25) is 0 Å². The van der Waals surface area contributed by atoms with E-state index in [0.29, 0.717) is 23.9 Å². The molecule has 0 aromatic heterocycles. The van der Waals surface area contributed by atoms with Crippen LogP contribution in [0.3, 0.4) is 0 Å². The average molecular weight is 1120 g/mol. The van der Waals surface area contributed by atoms with E-state index in [-0.39, 0.29) is 38.6 Å². The maximum atomic E-state index is 12.9. The zero-order chi connectivity index (χ0) is 59.1. The van der Waals surface area contributed by atoms with E-state index < -0.39 is 24.3 Å². The lowest BCUT2D eigenvalue weighted by molar-refractivity contribution is -0.870. The molecule has 0 bridgehead atoms. The first kappa shape index (κ1) is 75.4. The Labute approximate surface area is 494 Å². The molecule has 0 aromatic carbocycles. The van der Waals surface area contributed by atoms with Crippen molar-refractivity contribution in [2.75, 3.05) is 47.5 Å². The zero-order valence-corrected chi connectivity index (χ0v) is 51.4. The maximum absolute atomic E-state index is 12.9. The molecule has 0 aliphatic carbocycles. The average Bonchev–Trinajstić information content (AvgIpc) is 3.44. The molecule has 0 rings (SSSR count). The van der Waals surface area contributed by atoms with Gasteiger partial charge in [0.2, 0.25) is 0 Å². The molecule has 0 saturated carbocycles. The Hall–Kier alpha value is -5.61. The quantitative estimate of drug-likeness (QED) is 0.0211. The van der Waals surface area contributed by atoms with Crippen molar-refractivity contribution in [3.05, 3.63) is 182 Å². The zero-order valence-electron chi connectivity index (χ0n) is 51.4. The second-order valence-electron chi connectivity index (χ2n) is 20.9. The number of allylic oxidation sites excluding steroid dienone is 30. The third kappa shape index (κ3) is 61.9.